The van der Waals surface area contributed by atoms with Crippen molar-refractivity contribution in [3.8, 4) is 0 Å². The summed E-state index contributed by atoms with van der Waals surface area (Å²) >= 11 is 0. The number of hydrogen-bond donors (Lipinski definition) is 3. The lowest BCUT2D eigenvalue weighted by molar-refractivity contribution is -0.144. The Labute approximate surface area is 77.2 Å². The number of aliphatic carboxylic acids is 1. The number of rotatable bonds is 3. The molecular weight excluding hydrogens is 172 g/mol. The van der Waals surface area contributed by atoms with E-state index in [4.69, 9.17) is 15.3 Å². The molecule has 1 rings (SSSR count). The normalized spacial score (nSPS) is 34.5. The van der Waals surface area contributed by atoms with Gasteiger partial charge in [0.25, 0.3) is 0 Å². The fourth-order valence-electron chi connectivity index (χ4n) is 2.06. The van der Waals surface area contributed by atoms with Crippen LogP contribution in [0.2, 0.25) is 0 Å². The van der Waals surface area contributed by atoms with Crippen molar-refractivity contribution in [1.82, 2.24) is 0 Å². The first-order valence-electron chi connectivity index (χ1n) is 4.61. The van der Waals surface area contributed by atoms with E-state index < -0.39 is 5.97 Å². The van der Waals surface area contributed by atoms with Gasteiger partial charge in [0.15, 0.2) is 0 Å². The molecule has 0 aromatic rings. The van der Waals surface area contributed by atoms with Gasteiger partial charge in [0.1, 0.15) is 0 Å². The van der Waals surface area contributed by atoms with E-state index in [0.29, 0.717) is 12.8 Å². The SMILES string of the molecule is O=C(O)C1CC(CO)CC(CO)C1. The van der Waals surface area contributed by atoms with Gasteiger partial charge >= 0.3 is 5.97 Å². The van der Waals surface area contributed by atoms with Crippen molar-refractivity contribution in [2.75, 3.05) is 13.2 Å². The molecule has 0 bridgehead atoms. The molecule has 0 aromatic carbocycles. The molecular formula is C9H16O4. The molecule has 0 aliphatic heterocycles. The van der Waals surface area contributed by atoms with E-state index >= 15 is 0 Å². The minimum absolute atomic E-state index is 0.0281. The number of carboxylic acids is 1. The third-order valence-corrected chi connectivity index (χ3v) is 2.77. The van der Waals surface area contributed by atoms with Gasteiger partial charge in [0, 0.05) is 13.2 Å². The second-order valence-corrected chi connectivity index (χ2v) is 3.84. The summed E-state index contributed by atoms with van der Waals surface area (Å²) in [6, 6.07) is 0. The molecule has 0 spiro atoms. The molecule has 4 heteroatoms. The molecule has 3 N–H and O–H groups in total. The van der Waals surface area contributed by atoms with Crippen molar-refractivity contribution in [3.05, 3.63) is 0 Å². The van der Waals surface area contributed by atoms with Crippen molar-refractivity contribution < 1.29 is 20.1 Å². The first kappa shape index (κ1) is 10.5. The summed E-state index contributed by atoms with van der Waals surface area (Å²) in [5.41, 5.74) is 0. The predicted octanol–water partition coefficient (Wildman–Crippen LogP) is 0.0881. The maximum absolute atomic E-state index is 10.7. The van der Waals surface area contributed by atoms with Gasteiger partial charge in [-0.25, -0.2) is 0 Å². The van der Waals surface area contributed by atoms with Crippen molar-refractivity contribution in [3.63, 3.8) is 0 Å². The average Bonchev–Trinajstić information content (AvgIpc) is 2.16. The molecule has 76 valence electrons. The number of hydrogen-bond acceptors (Lipinski definition) is 3. The highest BCUT2D eigenvalue weighted by Gasteiger charge is 2.31. The van der Waals surface area contributed by atoms with Gasteiger partial charge < -0.3 is 15.3 Å². The molecule has 0 amide bonds. The van der Waals surface area contributed by atoms with Gasteiger partial charge in [-0.15, -0.1) is 0 Å². The molecule has 1 saturated carbocycles. The second-order valence-electron chi connectivity index (χ2n) is 3.84. The minimum Gasteiger partial charge on any atom is -0.481 e. The summed E-state index contributed by atoms with van der Waals surface area (Å²) in [6.45, 7) is 0.0561. The standard InChI is InChI=1S/C9H16O4/c10-4-6-1-7(5-11)3-8(2-6)9(12)13/h6-8,10-11H,1-5H2,(H,12,13). The van der Waals surface area contributed by atoms with Gasteiger partial charge in [0.2, 0.25) is 0 Å². The van der Waals surface area contributed by atoms with Crippen LogP contribution in [0.25, 0.3) is 0 Å². The number of carbonyl (C=O) groups is 1. The Bertz CT molecular complexity index is 168. The molecule has 0 radical (unpaired) electrons. The van der Waals surface area contributed by atoms with Crippen LogP contribution in [0.1, 0.15) is 19.3 Å². The Kier molecular flexibility index (Phi) is 3.69. The Balaban J connectivity index is 2.54. The van der Waals surface area contributed by atoms with E-state index in [-0.39, 0.29) is 31.0 Å². The highest BCUT2D eigenvalue weighted by atomic mass is 16.4. The van der Waals surface area contributed by atoms with Crippen LogP contribution in [-0.2, 0) is 4.79 Å². The highest BCUT2D eigenvalue weighted by molar-refractivity contribution is 5.70. The maximum atomic E-state index is 10.7. The minimum atomic E-state index is -0.809. The first-order valence-corrected chi connectivity index (χ1v) is 4.61. The van der Waals surface area contributed by atoms with Crippen LogP contribution in [0.4, 0.5) is 0 Å². The number of carboxylic acid groups (broad SMARTS) is 1. The fourth-order valence-corrected chi connectivity index (χ4v) is 2.06. The summed E-state index contributed by atoms with van der Waals surface area (Å²) in [4.78, 5) is 10.7. The number of aliphatic hydroxyl groups is 2. The summed E-state index contributed by atoms with van der Waals surface area (Å²) in [6.07, 6.45) is 1.83. The fraction of sp³-hybridized carbons (Fsp3) is 0.889. The quantitative estimate of drug-likeness (QED) is 0.586. The molecule has 1 aliphatic carbocycles. The lowest BCUT2D eigenvalue weighted by atomic mass is 9.76. The summed E-state index contributed by atoms with van der Waals surface area (Å²) in [7, 11) is 0. The summed E-state index contributed by atoms with van der Waals surface area (Å²) in [5.74, 6) is -1.10. The molecule has 2 atom stereocenters. The van der Waals surface area contributed by atoms with Gasteiger partial charge in [-0.1, -0.05) is 0 Å². The smallest absolute Gasteiger partial charge is 0.306 e. The molecule has 1 aliphatic rings. The molecule has 0 heterocycles. The van der Waals surface area contributed by atoms with E-state index in [1.54, 1.807) is 0 Å². The Hall–Kier alpha value is -0.610. The van der Waals surface area contributed by atoms with Crippen molar-refractivity contribution in [1.29, 1.82) is 0 Å². The van der Waals surface area contributed by atoms with Crippen molar-refractivity contribution in [2.45, 2.75) is 19.3 Å². The van der Waals surface area contributed by atoms with Crippen LogP contribution in [0.3, 0.4) is 0 Å². The zero-order valence-corrected chi connectivity index (χ0v) is 7.52. The third kappa shape index (κ3) is 2.67. The average molecular weight is 188 g/mol. The molecule has 13 heavy (non-hydrogen) atoms. The molecule has 2 unspecified atom stereocenters. The number of aliphatic hydroxyl groups excluding tert-OH is 2. The van der Waals surface area contributed by atoms with Crippen molar-refractivity contribution in [2.24, 2.45) is 17.8 Å². The summed E-state index contributed by atoms with van der Waals surface area (Å²) in [5, 5.41) is 26.7. The topological polar surface area (TPSA) is 77.8 Å². The molecule has 1 fully saturated rings. The Morgan fingerprint density at radius 1 is 1.08 bits per heavy atom. The monoisotopic (exact) mass is 188 g/mol. The van der Waals surface area contributed by atoms with Crippen LogP contribution in [0, 0.1) is 17.8 Å². The van der Waals surface area contributed by atoms with E-state index in [2.05, 4.69) is 0 Å². The lowest BCUT2D eigenvalue weighted by Gasteiger charge is -2.30. The van der Waals surface area contributed by atoms with Crippen LogP contribution in [0.15, 0.2) is 0 Å². The molecule has 0 saturated heterocycles. The van der Waals surface area contributed by atoms with Gasteiger partial charge in [-0.2, -0.15) is 0 Å². The summed E-state index contributed by atoms with van der Waals surface area (Å²) < 4.78 is 0. The Morgan fingerprint density at radius 2 is 1.54 bits per heavy atom. The maximum Gasteiger partial charge on any atom is 0.306 e. The van der Waals surface area contributed by atoms with E-state index in [1.165, 1.54) is 0 Å². The van der Waals surface area contributed by atoms with E-state index in [9.17, 15) is 4.79 Å². The van der Waals surface area contributed by atoms with Crippen LogP contribution in [-0.4, -0.2) is 34.5 Å². The first-order chi connectivity index (χ1) is 6.17. The van der Waals surface area contributed by atoms with Crippen LogP contribution >= 0.6 is 0 Å². The second kappa shape index (κ2) is 4.58. The highest BCUT2D eigenvalue weighted by Crippen LogP contribution is 2.32. The third-order valence-electron chi connectivity index (χ3n) is 2.77. The van der Waals surface area contributed by atoms with Crippen molar-refractivity contribution >= 4 is 5.97 Å². The zero-order chi connectivity index (χ0) is 9.84. The van der Waals surface area contributed by atoms with E-state index in [0.717, 1.165) is 6.42 Å². The zero-order valence-electron chi connectivity index (χ0n) is 7.52. The van der Waals surface area contributed by atoms with Crippen LogP contribution < -0.4 is 0 Å². The predicted molar refractivity (Wildman–Crippen MR) is 46.1 cm³/mol. The lowest BCUT2D eigenvalue weighted by Crippen LogP contribution is -2.31. The Morgan fingerprint density at radius 3 is 1.85 bits per heavy atom. The molecule has 4 nitrogen and oxygen atoms in total. The largest absolute Gasteiger partial charge is 0.481 e. The van der Waals surface area contributed by atoms with Gasteiger partial charge in [0.05, 0.1) is 5.92 Å². The molecule has 0 aromatic heterocycles. The van der Waals surface area contributed by atoms with Gasteiger partial charge in [-0.05, 0) is 31.1 Å². The van der Waals surface area contributed by atoms with Crippen LogP contribution in [0.5, 0.6) is 0 Å². The van der Waals surface area contributed by atoms with E-state index in [1.807, 2.05) is 0 Å². The van der Waals surface area contributed by atoms with Gasteiger partial charge in [-0.3, -0.25) is 4.79 Å².